The normalized spacial score (nSPS) is 49.3. The quantitative estimate of drug-likeness (QED) is 0.753. The molecule has 4 saturated carbocycles. The van der Waals surface area contributed by atoms with Crippen LogP contribution in [0.25, 0.3) is 0 Å². The molecule has 0 aliphatic heterocycles. The zero-order valence-electron chi connectivity index (χ0n) is 10.0. The summed E-state index contributed by atoms with van der Waals surface area (Å²) in [6, 6.07) is 0. The summed E-state index contributed by atoms with van der Waals surface area (Å²) >= 11 is -1.93. The number of rotatable bonds is 3. The number of hydrogen-bond acceptors (Lipinski definition) is 2. The number of Topliss-reactive ketones (excluding diaryl/α,β-unsaturated/α-hetero) is 1. The van der Waals surface area contributed by atoms with E-state index in [1.54, 1.807) is 6.92 Å². The van der Waals surface area contributed by atoms with E-state index in [2.05, 4.69) is 4.72 Å². The van der Waals surface area contributed by atoms with Gasteiger partial charge in [-0.15, -0.1) is 0 Å². The first-order chi connectivity index (χ1) is 7.99. The third kappa shape index (κ3) is 1.88. The summed E-state index contributed by atoms with van der Waals surface area (Å²) in [4.78, 5) is 11.7. The Morgan fingerprint density at radius 1 is 1.29 bits per heavy atom. The lowest BCUT2D eigenvalue weighted by atomic mass is 9.48. The summed E-state index contributed by atoms with van der Waals surface area (Å²) in [5.41, 5.74) is -0.165. The van der Waals surface area contributed by atoms with Crippen LogP contribution >= 0.6 is 0 Å². The molecular formula is C12H19NO3S. The minimum Gasteiger partial charge on any atom is -0.300 e. The SMILES string of the molecule is CC(=O)C1C2CC3CC1CC(NS(=O)O)(C3)C2. The van der Waals surface area contributed by atoms with Crippen LogP contribution in [0.4, 0.5) is 0 Å². The minimum atomic E-state index is -1.93. The van der Waals surface area contributed by atoms with Crippen molar-refractivity contribution in [2.75, 3.05) is 0 Å². The van der Waals surface area contributed by atoms with Gasteiger partial charge in [-0.05, 0) is 56.8 Å². The summed E-state index contributed by atoms with van der Waals surface area (Å²) in [5.74, 6) is 2.07. The first kappa shape index (κ1) is 11.8. The van der Waals surface area contributed by atoms with E-state index in [9.17, 15) is 9.00 Å². The van der Waals surface area contributed by atoms with Crippen LogP contribution in [0.5, 0.6) is 0 Å². The zero-order valence-corrected chi connectivity index (χ0v) is 10.8. The highest BCUT2D eigenvalue weighted by molar-refractivity contribution is 7.77. The van der Waals surface area contributed by atoms with Crippen molar-refractivity contribution in [1.82, 2.24) is 4.72 Å². The number of hydrogen-bond donors (Lipinski definition) is 2. The zero-order chi connectivity index (χ0) is 12.2. The molecule has 0 radical (unpaired) electrons. The van der Waals surface area contributed by atoms with Gasteiger partial charge in [0.1, 0.15) is 5.78 Å². The lowest BCUT2D eigenvalue weighted by Crippen LogP contribution is -2.62. The Morgan fingerprint density at radius 3 is 2.35 bits per heavy atom. The van der Waals surface area contributed by atoms with Gasteiger partial charge in [-0.2, -0.15) is 0 Å². The average Bonchev–Trinajstić information content (AvgIpc) is 2.11. The van der Waals surface area contributed by atoms with Crippen molar-refractivity contribution < 1.29 is 13.6 Å². The van der Waals surface area contributed by atoms with Crippen LogP contribution in [0, 0.1) is 23.7 Å². The van der Waals surface area contributed by atoms with E-state index in [0.29, 0.717) is 23.5 Å². The fourth-order valence-corrected chi connectivity index (χ4v) is 5.62. The molecule has 4 rings (SSSR count). The summed E-state index contributed by atoms with van der Waals surface area (Å²) in [7, 11) is 0. The molecule has 4 aliphatic rings. The van der Waals surface area contributed by atoms with Crippen molar-refractivity contribution in [2.24, 2.45) is 23.7 Å². The van der Waals surface area contributed by atoms with E-state index in [4.69, 9.17) is 4.55 Å². The third-order valence-electron chi connectivity index (χ3n) is 5.05. The monoisotopic (exact) mass is 257 g/mol. The Hall–Kier alpha value is -0.260. The van der Waals surface area contributed by atoms with Crippen LogP contribution in [-0.2, 0) is 16.1 Å². The standard InChI is InChI=1S/C12H19NO3S/c1-7(14)11-9-2-8-3-10(11)6-12(4-8,5-9)13-17(15)16/h8-11,13H,2-6H2,1H3,(H,15,16). The predicted octanol–water partition coefficient (Wildman–Crippen LogP) is 1.50. The van der Waals surface area contributed by atoms with Crippen LogP contribution in [0.1, 0.15) is 39.0 Å². The molecule has 5 heteroatoms. The minimum absolute atomic E-state index is 0.165. The third-order valence-corrected chi connectivity index (χ3v) is 5.65. The smallest absolute Gasteiger partial charge is 0.232 e. The van der Waals surface area contributed by atoms with Gasteiger partial charge in [0.05, 0.1) is 0 Å². The molecule has 3 atom stereocenters. The molecule has 2 N–H and O–H groups in total. The number of carbonyl (C=O) groups is 1. The van der Waals surface area contributed by atoms with Gasteiger partial charge in [0, 0.05) is 11.5 Å². The van der Waals surface area contributed by atoms with Crippen molar-refractivity contribution >= 4 is 17.0 Å². The Kier molecular flexibility index (Phi) is 2.69. The highest BCUT2D eigenvalue weighted by atomic mass is 32.2. The Labute approximate surface area is 104 Å². The van der Waals surface area contributed by atoms with Crippen molar-refractivity contribution in [2.45, 2.75) is 44.6 Å². The lowest BCUT2D eigenvalue weighted by Gasteiger charge is -2.59. The van der Waals surface area contributed by atoms with Gasteiger partial charge in [-0.25, -0.2) is 8.93 Å². The number of carbonyl (C=O) groups excluding carboxylic acids is 1. The van der Waals surface area contributed by atoms with Crippen LogP contribution in [0.15, 0.2) is 0 Å². The van der Waals surface area contributed by atoms with Crippen LogP contribution in [0.3, 0.4) is 0 Å². The van der Waals surface area contributed by atoms with Gasteiger partial charge >= 0.3 is 0 Å². The molecule has 3 unspecified atom stereocenters. The van der Waals surface area contributed by atoms with E-state index < -0.39 is 11.3 Å². The Morgan fingerprint density at radius 2 is 1.88 bits per heavy atom. The van der Waals surface area contributed by atoms with Gasteiger partial charge < -0.3 is 0 Å². The van der Waals surface area contributed by atoms with Crippen LogP contribution in [-0.4, -0.2) is 20.1 Å². The predicted molar refractivity (Wildman–Crippen MR) is 64.4 cm³/mol. The van der Waals surface area contributed by atoms with E-state index in [-0.39, 0.29) is 11.5 Å². The highest BCUT2D eigenvalue weighted by Crippen LogP contribution is 2.58. The summed E-state index contributed by atoms with van der Waals surface area (Å²) in [5, 5.41) is 0. The molecule has 0 aromatic carbocycles. The van der Waals surface area contributed by atoms with Crippen molar-refractivity contribution in [3.05, 3.63) is 0 Å². The van der Waals surface area contributed by atoms with E-state index >= 15 is 0 Å². The van der Waals surface area contributed by atoms with E-state index in [0.717, 1.165) is 32.1 Å². The molecule has 17 heavy (non-hydrogen) atoms. The molecule has 96 valence electrons. The van der Waals surface area contributed by atoms with Crippen LogP contribution in [0.2, 0.25) is 0 Å². The fraction of sp³-hybridized carbons (Fsp3) is 0.917. The van der Waals surface area contributed by atoms with Gasteiger partial charge in [0.2, 0.25) is 11.3 Å². The molecule has 4 bridgehead atoms. The second-order valence-electron chi connectivity index (χ2n) is 6.24. The second kappa shape index (κ2) is 3.87. The molecular weight excluding hydrogens is 238 g/mol. The van der Waals surface area contributed by atoms with Crippen molar-refractivity contribution in [3.63, 3.8) is 0 Å². The summed E-state index contributed by atoms with van der Waals surface area (Å²) in [6.45, 7) is 1.71. The molecule has 0 amide bonds. The topological polar surface area (TPSA) is 66.4 Å². The maximum absolute atomic E-state index is 11.7. The molecule has 0 aromatic rings. The first-order valence-electron chi connectivity index (χ1n) is 6.38. The molecule has 4 nitrogen and oxygen atoms in total. The second-order valence-corrected chi connectivity index (χ2v) is 6.94. The van der Waals surface area contributed by atoms with Gasteiger partial charge in [-0.3, -0.25) is 9.35 Å². The van der Waals surface area contributed by atoms with Crippen molar-refractivity contribution in [1.29, 1.82) is 0 Å². The Bertz CT molecular complexity index is 368. The first-order valence-corrected chi connectivity index (χ1v) is 7.49. The molecule has 0 heterocycles. The lowest BCUT2D eigenvalue weighted by molar-refractivity contribution is -0.135. The number of nitrogens with one attached hydrogen (secondary N) is 1. The number of ketones is 1. The van der Waals surface area contributed by atoms with Gasteiger partial charge in [0.15, 0.2) is 0 Å². The van der Waals surface area contributed by atoms with Crippen LogP contribution < -0.4 is 4.72 Å². The molecule has 0 spiro atoms. The maximum atomic E-state index is 11.7. The molecule has 0 aromatic heterocycles. The van der Waals surface area contributed by atoms with E-state index in [1.807, 2.05) is 0 Å². The Balaban J connectivity index is 1.86. The van der Waals surface area contributed by atoms with Gasteiger partial charge in [0.25, 0.3) is 0 Å². The largest absolute Gasteiger partial charge is 0.300 e. The molecule has 4 fully saturated rings. The maximum Gasteiger partial charge on any atom is 0.232 e. The van der Waals surface area contributed by atoms with Crippen molar-refractivity contribution in [3.8, 4) is 0 Å². The summed E-state index contributed by atoms with van der Waals surface area (Å²) < 4.78 is 23.0. The molecule has 0 saturated heterocycles. The van der Waals surface area contributed by atoms with E-state index in [1.165, 1.54) is 0 Å². The van der Waals surface area contributed by atoms with Gasteiger partial charge in [-0.1, -0.05) is 0 Å². The fourth-order valence-electron chi connectivity index (χ4n) is 5.00. The highest BCUT2D eigenvalue weighted by Gasteiger charge is 2.56. The average molecular weight is 257 g/mol. The summed E-state index contributed by atoms with van der Waals surface area (Å²) in [6.07, 6.45) is 5.09. The molecule has 4 aliphatic carbocycles.